The zero-order chi connectivity index (χ0) is 13.0. The Balaban J connectivity index is 1.88. The van der Waals surface area contributed by atoms with Crippen molar-refractivity contribution in [1.82, 2.24) is 10.2 Å². The first kappa shape index (κ1) is 13.6. The van der Waals surface area contributed by atoms with Crippen LogP contribution in [0.1, 0.15) is 24.6 Å². The van der Waals surface area contributed by atoms with Gasteiger partial charge in [0.1, 0.15) is 0 Å². The SMILES string of the molecule is CC(Cc1cccs1)N(C)C(=O)C1CCNCC1. The fourth-order valence-corrected chi connectivity index (χ4v) is 3.26. The normalized spacial score (nSPS) is 18.6. The van der Waals surface area contributed by atoms with Gasteiger partial charge in [-0.2, -0.15) is 0 Å². The number of likely N-dealkylation sites (N-methyl/N-ethyl adjacent to an activating group) is 1. The number of thiophene rings is 1. The number of piperidine rings is 1. The van der Waals surface area contributed by atoms with Gasteiger partial charge in [-0.3, -0.25) is 4.79 Å². The zero-order valence-corrected chi connectivity index (χ0v) is 12.0. The molecule has 1 unspecified atom stereocenters. The van der Waals surface area contributed by atoms with Crippen molar-refractivity contribution in [3.05, 3.63) is 22.4 Å². The Morgan fingerprint density at radius 1 is 1.56 bits per heavy atom. The van der Waals surface area contributed by atoms with E-state index < -0.39 is 0 Å². The summed E-state index contributed by atoms with van der Waals surface area (Å²) in [4.78, 5) is 15.7. The molecule has 4 heteroatoms. The Morgan fingerprint density at radius 2 is 2.28 bits per heavy atom. The molecule has 0 spiro atoms. The molecule has 2 heterocycles. The monoisotopic (exact) mass is 266 g/mol. The lowest BCUT2D eigenvalue weighted by Gasteiger charge is -2.30. The Labute approximate surface area is 113 Å². The van der Waals surface area contributed by atoms with Crippen LogP contribution in [0.2, 0.25) is 0 Å². The molecule has 0 bridgehead atoms. The molecular formula is C14H22N2OS. The summed E-state index contributed by atoms with van der Waals surface area (Å²) in [6.07, 6.45) is 2.93. The van der Waals surface area contributed by atoms with Crippen LogP contribution in [0.4, 0.5) is 0 Å². The second kappa shape index (κ2) is 6.34. The third-order valence-electron chi connectivity index (χ3n) is 3.77. The highest BCUT2D eigenvalue weighted by molar-refractivity contribution is 7.09. The largest absolute Gasteiger partial charge is 0.342 e. The van der Waals surface area contributed by atoms with E-state index in [1.807, 2.05) is 11.9 Å². The third kappa shape index (κ3) is 3.33. The van der Waals surface area contributed by atoms with Crippen LogP contribution in [0, 0.1) is 5.92 Å². The zero-order valence-electron chi connectivity index (χ0n) is 11.2. The smallest absolute Gasteiger partial charge is 0.225 e. The van der Waals surface area contributed by atoms with Gasteiger partial charge in [-0.25, -0.2) is 0 Å². The Bertz CT molecular complexity index is 371. The summed E-state index contributed by atoms with van der Waals surface area (Å²) in [5.41, 5.74) is 0. The first-order valence-corrected chi connectivity index (χ1v) is 7.56. The summed E-state index contributed by atoms with van der Waals surface area (Å²) in [7, 11) is 1.95. The van der Waals surface area contributed by atoms with Crippen LogP contribution in [0.3, 0.4) is 0 Å². The standard InChI is InChI=1S/C14H22N2OS/c1-11(10-13-4-3-9-18-13)16(2)14(17)12-5-7-15-8-6-12/h3-4,9,11-12,15H,5-8,10H2,1-2H3. The summed E-state index contributed by atoms with van der Waals surface area (Å²) >= 11 is 1.77. The maximum absolute atomic E-state index is 12.4. The summed E-state index contributed by atoms with van der Waals surface area (Å²) in [6.45, 7) is 4.09. The number of carbonyl (C=O) groups excluding carboxylic acids is 1. The van der Waals surface area contributed by atoms with Crippen LogP contribution in [0.15, 0.2) is 17.5 Å². The molecule has 18 heavy (non-hydrogen) atoms. The quantitative estimate of drug-likeness (QED) is 0.905. The molecule has 1 amide bonds. The van der Waals surface area contributed by atoms with Gasteiger partial charge in [0.25, 0.3) is 0 Å². The van der Waals surface area contributed by atoms with E-state index in [-0.39, 0.29) is 12.0 Å². The predicted molar refractivity (Wildman–Crippen MR) is 75.8 cm³/mol. The summed E-state index contributed by atoms with van der Waals surface area (Å²) < 4.78 is 0. The molecule has 0 aliphatic carbocycles. The predicted octanol–water partition coefficient (Wildman–Crippen LogP) is 2.14. The van der Waals surface area contributed by atoms with E-state index in [0.29, 0.717) is 5.91 Å². The van der Waals surface area contributed by atoms with Crippen molar-refractivity contribution in [3.63, 3.8) is 0 Å². The first-order chi connectivity index (χ1) is 8.68. The van der Waals surface area contributed by atoms with Crippen LogP contribution in [-0.4, -0.2) is 37.0 Å². The van der Waals surface area contributed by atoms with Crippen LogP contribution in [-0.2, 0) is 11.2 Å². The molecule has 0 aromatic carbocycles. The average Bonchev–Trinajstić information content (AvgIpc) is 2.91. The second-order valence-corrected chi connectivity index (χ2v) is 6.14. The lowest BCUT2D eigenvalue weighted by Crippen LogP contribution is -2.43. The number of hydrogen-bond acceptors (Lipinski definition) is 3. The van der Waals surface area contributed by atoms with Gasteiger partial charge in [0.05, 0.1) is 0 Å². The van der Waals surface area contributed by atoms with Crippen molar-refractivity contribution in [2.75, 3.05) is 20.1 Å². The van der Waals surface area contributed by atoms with Gasteiger partial charge in [-0.05, 0) is 44.3 Å². The van der Waals surface area contributed by atoms with Crippen molar-refractivity contribution in [2.24, 2.45) is 5.92 Å². The molecular weight excluding hydrogens is 244 g/mol. The van der Waals surface area contributed by atoms with Crippen molar-refractivity contribution >= 4 is 17.2 Å². The van der Waals surface area contributed by atoms with E-state index >= 15 is 0 Å². The minimum Gasteiger partial charge on any atom is -0.342 e. The molecule has 1 atom stereocenters. The van der Waals surface area contributed by atoms with E-state index in [1.54, 1.807) is 11.3 Å². The summed E-state index contributed by atoms with van der Waals surface area (Å²) in [6, 6.07) is 4.50. The molecule has 1 saturated heterocycles. The number of nitrogens with one attached hydrogen (secondary N) is 1. The van der Waals surface area contributed by atoms with E-state index in [0.717, 1.165) is 32.4 Å². The van der Waals surface area contributed by atoms with Gasteiger partial charge in [0, 0.05) is 30.3 Å². The number of amides is 1. The van der Waals surface area contributed by atoms with Gasteiger partial charge in [0.2, 0.25) is 5.91 Å². The van der Waals surface area contributed by atoms with E-state index in [2.05, 4.69) is 29.8 Å². The van der Waals surface area contributed by atoms with Gasteiger partial charge in [-0.15, -0.1) is 11.3 Å². The maximum Gasteiger partial charge on any atom is 0.225 e. The van der Waals surface area contributed by atoms with E-state index in [4.69, 9.17) is 0 Å². The van der Waals surface area contributed by atoms with Crippen molar-refractivity contribution in [2.45, 2.75) is 32.2 Å². The first-order valence-electron chi connectivity index (χ1n) is 6.68. The molecule has 2 rings (SSSR count). The average molecular weight is 266 g/mol. The minimum absolute atomic E-state index is 0.224. The Morgan fingerprint density at radius 3 is 2.89 bits per heavy atom. The van der Waals surface area contributed by atoms with Crippen molar-refractivity contribution in [3.8, 4) is 0 Å². The molecule has 1 aliphatic heterocycles. The Hall–Kier alpha value is -0.870. The maximum atomic E-state index is 12.4. The molecule has 1 aliphatic rings. The van der Waals surface area contributed by atoms with Gasteiger partial charge >= 0.3 is 0 Å². The molecule has 100 valence electrons. The van der Waals surface area contributed by atoms with Crippen molar-refractivity contribution < 1.29 is 4.79 Å². The lowest BCUT2D eigenvalue weighted by atomic mass is 9.96. The Kier molecular flexibility index (Phi) is 4.78. The van der Waals surface area contributed by atoms with Crippen LogP contribution >= 0.6 is 11.3 Å². The highest BCUT2D eigenvalue weighted by Crippen LogP contribution is 2.18. The molecule has 1 fully saturated rings. The number of hydrogen-bond donors (Lipinski definition) is 1. The molecule has 0 radical (unpaired) electrons. The lowest BCUT2D eigenvalue weighted by molar-refractivity contribution is -0.136. The van der Waals surface area contributed by atoms with Gasteiger partial charge < -0.3 is 10.2 Å². The number of carbonyl (C=O) groups is 1. The highest BCUT2D eigenvalue weighted by atomic mass is 32.1. The van der Waals surface area contributed by atoms with E-state index in [1.165, 1.54) is 4.88 Å². The number of rotatable bonds is 4. The molecule has 1 N–H and O–H groups in total. The van der Waals surface area contributed by atoms with Crippen molar-refractivity contribution in [1.29, 1.82) is 0 Å². The summed E-state index contributed by atoms with van der Waals surface area (Å²) in [5.74, 6) is 0.544. The third-order valence-corrected chi connectivity index (χ3v) is 4.67. The van der Waals surface area contributed by atoms with Gasteiger partial charge in [0.15, 0.2) is 0 Å². The fraction of sp³-hybridized carbons (Fsp3) is 0.643. The molecule has 1 aromatic rings. The topological polar surface area (TPSA) is 32.3 Å². The fourth-order valence-electron chi connectivity index (χ4n) is 2.43. The van der Waals surface area contributed by atoms with Crippen LogP contribution in [0.25, 0.3) is 0 Å². The summed E-state index contributed by atoms with van der Waals surface area (Å²) in [5, 5.41) is 5.40. The van der Waals surface area contributed by atoms with Crippen LogP contribution in [0.5, 0.6) is 0 Å². The van der Waals surface area contributed by atoms with Crippen LogP contribution < -0.4 is 5.32 Å². The molecule has 0 saturated carbocycles. The van der Waals surface area contributed by atoms with E-state index in [9.17, 15) is 4.79 Å². The molecule has 1 aromatic heterocycles. The highest BCUT2D eigenvalue weighted by Gasteiger charge is 2.26. The second-order valence-electron chi connectivity index (χ2n) is 5.11. The molecule has 3 nitrogen and oxygen atoms in total. The number of nitrogens with zero attached hydrogens (tertiary/aromatic N) is 1. The van der Waals surface area contributed by atoms with Gasteiger partial charge in [-0.1, -0.05) is 6.07 Å². The minimum atomic E-state index is 0.224.